The molecule has 0 aromatic heterocycles. The van der Waals surface area contributed by atoms with Crippen molar-refractivity contribution in [2.24, 2.45) is 0 Å². The van der Waals surface area contributed by atoms with Crippen LogP contribution in [0.3, 0.4) is 0 Å². The molecule has 0 saturated heterocycles. The number of unbranched alkanes of at least 4 members (excludes halogenated alkanes) is 4. The molecule has 14 heavy (non-hydrogen) atoms. The highest BCUT2D eigenvalue weighted by Gasteiger charge is 1.97. The lowest BCUT2D eigenvalue weighted by atomic mass is 10.2. The highest BCUT2D eigenvalue weighted by atomic mass is 15.1. The van der Waals surface area contributed by atoms with Crippen molar-refractivity contribution in [3.8, 4) is 0 Å². The van der Waals surface area contributed by atoms with Gasteiger partial charge in [-0.05, 0) is 53.0 Å². The van der Waals surface area contributed by atoms with E-state index in [1.807, 2.05) is 7.05 Å². The Morgan fingerprint density at radius 1 is 0.929 bits per heavy atom. The molecule has 0 spiro atoms. The number of hydrogen-bond donors (Lipinski definition) is 1. The SMILES string of the molecule is CCCCCCN(C)CCCCNC. The van der Waals surface area contributed by atoms with E-state index < -0.39 is 0 Å². The van der Waals surface area contributed by atoms with Gasteiger partial charge in [-0.3, -0.25) is 0 Å². The van der Waals surface area contributed by atoms with Gasteiger partial charge < -0.3 is 10.2 Å². The molecule has 0 atom stereocenters. The molecule has 0 radical (unpaired) electrons. The van der Waals surface area contributed by atoms with Gasteiger partial charge in [-0.25, -0.2) is 0 Å². The molecule has 0 amide bonds. The Balaban J connectivity index is 3.07. The number of rotatable bonds is 10. The van der Waals surface area contributed by atoms with Gasteiger partial charge in [0.2, 0.25) is 0 Å². The molecule has 0 saturated carbocycles. The molecule has 2 nitrogen and oxygen atoms in total. The van der Waals surface area contributed by atoms with Gasteiger partial charge in [-0.15, -0.1) is 0 Å². The molecular formula is C12H28N2. The molecule has 0 bridgehead atoms. The van der Waals surface area contributed by atoms with Crippen molar-refractivity contribution in [2.45, 2.75) is 45.4 Å². The van der Waals surface area contributed by atoms with Crippen molar-refractivity contribution >= 4 is 0 Å². The molecule has 0 rings (SSSR count). The number of hydrogen-bond acceptors (Lipinski definition) is 2. The van der Waals surface area contributed by atoms with Gasteiger partial charge in [-0.2, -0.15) is 0 Å². The minimum absolute atomic E-state index is 1.16. The van der Waals surface area contributed by atoms with Crippen molar-refractivity contribution in [3.63, 3.8) is 0 Å². The molecule has 2 heteroatoms. The summed E-state index contributed by atoms with van der Waals surface area (Å²) in [7, 11) is 4.26. The van der Waals surface area contributed by atoms with E-state index in [9.17, 15) is 0 Å². The van der Waals surface area contributed by atoms with Crippen molar-refractivity contribution < 1.29 is 0 Å². The van der Waals surface area contributed by atoms with Crippen LogP contribution in [0.1, 0.15) is 45.4 Å². The summed E-state index contributed by atoms with van der Waals surface area (Å²) in [5, 5.41) is 3.18. The Bertz CT molecular complexity index is 92.5. The lowest BCUT2D eigenvalue weighted by molar-refractivity contribution is 0.316. The summed E-state index contributed by atoms with van der Waals surface area (Å²) in [6, 6.07) is 0. The number of nitrogens with one attached hydrogen (secondary N) is 1. The van der Waals surface area contributed by atoms with E-state index in [2.05, 4.69) is 24.2 Å². The van der Waals surface area contributed by atoms with Crippen LogP contribution in [0.15, 0.2) is 0 Å². The molecule has 0 aromatic rings. The van der Waals surface area contributed by atoms with Crippen LogP contribution in [-0.4, -0.2) is 38.6 Å². The Kier molecular flexibility index (Phi) is 10.9. The third-order valence-electron chi connectivity index (χ3n) is 2.61. The molecule has 0 unspecified atom stereocenters. The van der Waals surface area contributed by atoms with E-state index in [1.165, 1.54) is 51.6 Å². The molecule has 0 aromatic carbocycles. The summed E-state index contributed by atoms with van der Waals surface area (Å²) in [5.41, 5.74) is 0. The predicted molar refractivity (Wildman–Crippen MR) is 64.8 cm³/mol. The monoisotopic (exact) mass is 200 g/mol. The highest BCUT2D eigenvalue weighted by molar-refractivity contribution is 4.53. The summed E-state index contributed by atoms with van der Waals surface area (Å²) >= 11 is 0. The van der Waals surface area contributed by atoms with Crippen molar-refractivity contribution in [1.29, 1.82) is 0 Å². The lowest BCUT2D eigenvalue weighted by Gasteiger charge is -2.16. The summed E-state index contributed by atoms with van der Waals surface area (Å²) in [6.07, 6.45) is 8.13. The van der Waals surface area contributed by atoms with E-state index in [0.29, 0.717) is 0 Å². The van der Waals surface area contributed by atoms with Gasteiger partial charge in [-0.1, -0.05) is 26.2 Å². The predicted octanol–water partition coefficient (Wildman–Crippen LogP) is 2.50. The summed E-state index contributed by atoms with van der Waals surface area (Å²) in [6.45, 7) is 5.96. The summed E-state index contributed by atoms with van der Waals surface area (Å²) in [4.78, 5) is 2.46. The highest BCUT2D eigenvalue weighted by Crippen LogP contribution is 2.01. The average molecular weight is 200 g/mol. The summed E-state index contributed by atoms with van der Waals surface area (Å²) < 4.78 is 0. The second-order valence-electron chi connectivity index (χ2n) is 4.17. The zero-order valence-corrected chi connectivity index (χ0v) is 10.3. The van der Waals surface area contributed by atoms with Crippen molar-refractivity contribution in [1.82, 2.24) is 10.2 Å². The maximum atomic E-state index is 3.18. The molecule has 0 fully saturated rings. The van der Waals surface area contributed by atoms with E-state index in [-0.39, 0.29) is 0 Å². The van der Waals surface area contributed by atoms with E-state index >= 15 is 0 Å². The Morgan fingerprint density at radius 3 is 2.14 bits per heavy atom. The Labute approximate surface area is 90.1 Å². The second-order valence-corrected chi connectivity index (χ2v) is 4.17. The smallest absolute Gasteiger partial charge is 0.00213 e. The zero-order chi connectivity index (χ0) is 10.6. The summed E-state index contributed by atoms with van der Waals surface area (Å²) in [5.74, 6) is 0. The maximum absolute atomic E-state index is 3.18. The van der Waals surface area contributed by atoms with Crippen LogP contribution >= 0.6 is 0 Å². The van der Waals surface area contributed by atoms with Crippen LogP contribution in [-0.2, 0) is 0 Å². The van der Waals surface area contributed by atoms with Crippen LogP contribution in [0.5, 0.6) is 0 Å². The zero-order valence-electron chi connectivity index (χ0n) is 10.3. The van der Waals surface area contributed by atoms with Gasteiger partial charge in [0.05, 0.1) is 0 Å². The van der Waals surface area contributed by atoms with Crippen LogP contribution in [0.2, 0.25) is 0 Å². The first-order chi connectivity index (χ1) is 6.81. The van der Waals surface area contributed by atoms with Gasteiger partial charge in [0.1, 0.15) is 0 Å². The van der Waals surface area contributed by atoms with Crippen molar-refractivity contribution in [3.05, 3.63) is 0 Å². The first-order valence-corrected chi connectivity index (χ1v) is 6.14. The fourth-order valence-electron chi connectivity index (χ4n) is 1.60. The third-order valence-corrected chi connectivity index (χ3v) is 2.61. The molecule has 0 heterocycles. The maximum Gasteiger partial charge on any atom is -0.00213 e. The van der Waals surface area contributed by atoms with Crippen molar-refractivity contribution in [2.75, 3.05) is 33.7 Å². The normalized spacial score (nSPS) is 11.1. The molecule has 0 aliphatic carbocycles. The number of nitrogens with zero attached hydrogens (tertiary/aromatic N) is 1. The largest absolute Gasteiger partial charge is 0.320 e. The molecule has 0 aliphatic rings. The second kappa shape index (κ2) is 11.0. The third kappa shape index (κ3) is 10.0. The van der Waals surface area contributed by atoms with Crippen LogP contribution in [0, 0.1) is 0 Å². The average Bonchev–Trinajstić information content (AvgIpc) is 2.19. The Morgan fingerprint density at radius 2 is 1.57 bits per heavy atom. The molecular weight excluding hydrogens is 172 g/mol. The van der Waals surface area contributed by atoms with Gasteiger partial charge >= 0.3 is 0 Å². The molecule has 1 N–H and O–H groups in total. The van der Waals surface area contributed by atoms with Crippen LogP contribution in [0.25, 0.3) is 0 Å². The fourth-order valence-corrected chi connectivity index (χ4v) is 1.60. The quantitative estimate of drug-likeness (QED) is 0.545. The van der Waals surface area contributed by atoms with E-state index in [4.69, 9.17) is 0 Å². The van der Waals surface area contributed by atoms with Crippen LogP contribution < -0.4 is 5.32 Å². The van der Waals surface area contributed by atoms with Gasteiger partial charge in [0, 0.05) is 0 Å². The van der Waals surface area contributed by atoms with Gasteiger partial charge in [0.25, 0.3) is 0 Å². The topological polar surface area (TPSA) is 15.3 Å². The van der Waals surface area contributed by atoms with E-state index in [1.54, 1.807) is 0 Å². The first-order valence-electron chi connectivity index (χ1n) is 6.14. The van der Waals surface area contributed by atoms with E-state index in [0.717, 1.165) is 6.54 Å². The fraction of sp³-hybridized carbons (Fsp3) is 1.00. The Hall–Kier alpha value is -0.0800. The first kappa shape index (κ1) is 13.9. The minimum atomic E-state index is 1.16. The minimum Gasteiger partial charge on any atom is -0.320 e. The molecule has 86 valence electrons. The van der Waals surface area contributed by atoms with Crippen LogP contribution in [0.4, 0.5) is 0 Å². The van der Waals surface area contributed by atoms with Gasteiger partial charge in [0.15, 0.2) is 0 Å². The standard InChI is InChI=1S/C12H28N2/c1-4-5-6-8-11-14(3)12-9-7-10-13-2/h13H,4-12H2,1-3H3. The lowest BCUT2D eigenvalue weighted by Crippen LogP contribution is -2.21. The molecule has 0 aliphatic heterocycles.